The van der Waals surface area contributed by atoms with Crippen LogP contribution in [0.25, 0.3) is 0 Å². The standard InChI is InChI=1S/C18H24N2O3/c1-13-3-4-15(9-14(13)2)10-20-8-7-19(12-17(20)21)11-16-5-6-18(22)23-16/h3-4,9,16H,5-8,10-12H2,1-2H3. The molecule has 2 aliphatic rings. The van der Waals surface area contributed by atoms with E-state index in [1.165, 1.54) is 16.7 Å². The number of rotatable bonds is 4. The Balaban J connectivity index is 1.53. The lowest BCUT2D eigenvalue weighted by Gasteiger charge is -2.35. The fourth-order valence-corrected chi connectivity index (χ4v) is 3.20. The number of hydrogen-bond donors (Lipinski definition) is 0. The van der Waals surface area contributed by atoms with E-state index < -0.39 is 0 Å². The van der Waals surface area contributed by atoms with E-state index in [2.05, 4.69) is 36.9 Å². The van der Waals surface area contributed by atoms with Crippen LogP contribution in [0.4, 0.5) is 0 Å². The van der Waals surface area contributed by atoms with Crippen LogP contribution < -0.4 is 0 Å². The van der Waals surface area contributed by atoms with E-state index in [4.69, 9.17) is 4.74 Å². The van der Waals surface area contributed by atoms with Gasteiger partial charge in [0.15, 0.2) is 0 Å². The number of carbonyl (C=O) groups excluding carboxylic acids is 2. The van der Waals surface area contributed by atoms with E-state index in [0.717, 1.165) is 19.5 Å². The highest BCUT2D eigenvalue weighted by Crippen LogP contribution is 2.17. The summed E-state index contributed by atoms with van der Waals surface area (Å²) in [5, 5.41) is 0. The Labute approximate surface area is 137 Å². The highest BCUT2D eigenvalue weighted by molar-refractivity contribution is 5.79. The van der Waals surface area contributed by atoms with Crippen molar-refractivity contribution in [1.82, 2.24) is 9.80 Å². The molecule has 1 amide bonds. The molecule has 2 heterocycles. The number of ether oxygens (including phenoxy) is 1. The lowest BCUT2D eigenvalue weighted by atomic mass is 10.1. The Bertz CT molecular complexity index is 614. The third-order valence-corrected chi connectivity index (χ3v) is 4.77. The van der Waals surface area contributed by atoms with Crippen LogP contribution in [-0.2, 0) is 20.9 Å². The van der Waals surface area contributed by atoms with Gasteiger partial charge in [-0.15, -0.1) is 0 Å². The van der Waals surface area contributed by atoms with E-state index in [0.29, 0.717) is 26.1 Å². The first-order chi connectivity index (χ1) is 11.0. The Morgan fingerprint density at radius 2 is 2.00 bits per heavy atom. The maximum absolute atomic E-state index is 12.4. The molecule has 2 fully saturated rings. The molecule has 23 heavy (non-hydrogen) atoms. The second-order valence-electron chi connectivity index (χ2n) is 6.62. The van der Waals surface area contributed by atoms with Gasteiger partial charge >= 0.3 is 5.97 Å². The molecule has 0 aromatic heterocycles. The Kier molecular flexibility index (Phi) is 4.66. The van der Waals surface area contributed by atoms with Gasteiger partial charge in [-0.3, -0.25) is 14.5 Å². The zero-order valence-electron chi connectivity index (χ0n) is 13.9. The Morgan fingerprint density at radius 3 is 2.65 bits per heavy atom. The van der Waals surface area contributed by atoms with Crippen LogP contribution in [-0.4, -0.2) is 54.0 Å². The molecule has 5 nitrogen and oxygen atoms in total. The molecular weight excluding hydrogens is 292 g/mol. The van der Waals surface area contributed by atoms with Gasteiger partial charge in [0.1, 0.15) is 6.10 Å². The molecule has 5 heteroatoms. The molecule has 0 bridgehead atoms. The van der Waals surface area contributed by atoms with Gasteiger partial charge in [0, 0.05) is 32.6 Å². The molecule has 2 aliphatic heterocycles. The molecular formula is C18H24N2O3. The summed E-state index contributed by atoms with van der Waals surface area (Å²) in [5.41, 5.74) is 3.72. The van der Waals surface area contributed by atoms with Crippen molar-refractivity contribution in [3.63, 3.8) is 0 Å². The molecule has 1 unspecified atom stereocenters. The highest BCUT2D eigenvalue weighted by atomic mass is 16.5. The van der Waals surface area contributed by atoms with Crippen LogP contribution in [0.2, 0.25) is 0 Å². The molecule has 0 spiro atoms. The number of amides is 1. The van der Waals surface area contributed by atoms with Crippen LogP contribution >= 0.6 is 0 Å². The molecule has 0 radical (unpaired) electrons. The number of aryl methyl sites for hydroxylation is 2. The first kappa shape index (κ1) is 16.0. The van der Waals surface area contributed by atoms with E-state index in [1.807, 2.05) is 4.90 Å². The summed E-state index contributed by atoms with van der Waals surface area (Å²) >= 11 is 0. The van der Waals surface area contributed by atoms with Crippen molar-refractivity contribution in [3.8, 4) is 0 Å². The number of carbonyl (C=O) groups is 2. The smallest absolute Gasteiger partial charge is 0.306 e. The van der Waals surface area contributed by atoms with Crippen LogP contribution in [0.1, 0.15) is 29.5 Å². The third-order valence-electron chi connectivity index (χ3n) is 4.77. The number of hydrogen-bond acceptors (Lipinski definition) is 4. The van der Waals surface area contributed by atoms with Gasteiger partial charge in [-0.05, 0) is 37.0 Å². The summed E-state index contributed by atoms with van der Waals surface area (Å²) in [7, 11) is 0. The fraction of sp³-hybridized carbons (Fsp3) is 0.556. The molecule has 0 aliphatic carbocycles. The molecule has 1 atom stereocenters. The Morgan fingerprint density at radius 1 is 1.17 bits per heavy atom. The quantitative estimate of drug-likeness (QED) is 0.793. The SMILES string of the molecule is Cc1ccc(CN2CCN(CC3CCC(=O)O3)CC2=O)cc1C. The van der Waals surface area contributed by atoms with Crippen molar-refractivity contribution in [2.24, 2.45) is 0 Å². The molecule has 0 saturated carbocycles. The van der Waals surface area contributed by atoms with Crippen molar-refractivity contribution in [2.45, 2.75) is 39.3 Å². The maximum Gasteiger partial charge on any atom is 0.306 e. The maximum atomic E-state index is 12.4. The fourth-order valence-electron chi connectivity index (χ4n) is 3.20. The zero-order valence-corrected chi connectivity index (χ0v) is 13.9. The van der Waals surface area contributed by atoms with Gasteiger partial charge in [0.25, 0.3) is 0 Å². The molecule has 0 N–H and O–H groups in total. The van der Waals surface area contributed by atoms with E-state index >= 15 is 0 Å². The second-order valence-corrected chi connectivity index (χ2v) is 6.62. The van der Waals surface area contributed by atoms with Gasteiger partial charge in [0.05, 0.1) is 6.54 Å². The number of piperazine rings is 1. The summed E-state index contributed by atoms with van der Waals surface area (Å²) in [5.74, 6) is 0.0357. The zero-order chi connectivity index (χ0) is 16.4. The minimum atomic E-state index is -0.116. The Hall–Kier alpha value is -1.88. The monoisotopic (exact) mass is 316 g/mol. The summed E-state index contributed by atoms with van der Waals surface area (Å²) in [6.45, 7) is 7.53. The van der Waals surface area contributed by atoms with Crippen molar-refractivity contribution < 1.29 is 14.3 Å². The molecule has 1 aromatic rings. The second kappa shape index (κ2) is 6.71. The number of esters is 1. The van der Waals surface area contributed by atoms with Crippen molar-refractivity contribution in [3.05, 3.63) is 34.9 Å². The molecule has 124 valence electrons. The first-order valence-corrected chi connectivity index (χ1v) is 8.27. The van der Waals surface area contributed by atoms with E-state index in [1.54, 1.807) is 0 Å². The minimum absolute atomic E-state index is 0.0402. The predicted molar refractivity (Wildman–Crippen MR) is 86.9 cm³/mol. The largest absolute Gasteiger partial charge is 0.461 e. The lowest BCUT2D eigenvalue weighted by molar-refractivity contribution is -0.143. The summed E-state index contributed by atoms with van der Waals surface area (Å²) in [6, 6.07) is 6.37. The van der Waals surface area contributed by atoms with Gasteiger partial charge in [0.2, 0.25) is 5.91 Å². The number of benzene rings is 1. The topological polar surface area (TPSA) is 49.9 Å². The first-order valence-electron chi connectivity index (χ1n) is 8.27. The van der Waals surface area contributed by atoms with Gasteiger partial charge < -0.3 is 9.64 Å². The van der Waals surface area contributed by atoms with Crippen molar-refractivity contribution in [1.29, 1.82) is 0 Å². The number of nitrogens with zero attached hydrogens (tertiary/aromatic N) is 2. The highest BCUT2D eigenvalue weighted by Gasteiger charge is 2.29. The van der Waals surface area contributed by atoms with Crippen LogP contribution in [0.15, 0.2) is 18.2 Å². The normalized spacial score (nSPS) is 22.5. The predicted octanol–water partition coefficient (Wildman–Crippen LogP) is 1.65. The van der Waals surface area contributed by atoms with Crippen molar-refractivity contribution in [2.75, 3.05) is 26.2 Å². The van der Waals surface area contributed by atoms with Crippen molar-refractivity contribution >= 4 is 11.9 Å². The van der Waals surface area contributed by atoms with Crippen LogP contribution in [0.5, 0.6) is 0 Å². The molecule has 3 rings (SSSR count). The van der Waals surface area contributed by atoms with Crippen LogP contribution in [0.3, 0.4) is 0 Å². The van der Waals surface area contributed by atoms with E-state index in [-0.39, 0.29) is 18.0 Å². The average molecular weight is 316 g/mol. The third kappa shape index (κ3) is 3.91. The summed E-state index contributed by atoms with van der Waals surface area (Å²) < 4.78 is 5.24. The van der Waals surface area contributed by atoms with Crippen LogP contribution in [0, 0.1) is 13.8 Å². The lowest BCUT2D eigenvalue weighted by Crippen LogP contribution is -2.51. The van der Waals surface area contributed by atoms with Gasteiger partial charge in [-0.2, -0.15) is 0 Å². The van der Waals surface area contributed by atoms with Gasteiger partial charge in [-0.25, -0.2) is 0 Å². The minimum Gasteiger partial charge on any atom is -0.461 e. The summed E-state index contributed by atoms with van der Waals surface area (Å²) in [4.78, 5) is 27.5. The molecule has 2 saturated heterocycles. The van der Waals surface area contributed by atoms with Gasteiger partial charge in [-0.1, -0.05) is 18.2 Å². The van der Waals surface area contributed by atoms with E-state index in [9.17, 15) is 9.59 Å². The average Bonchev–Trinajstić information content (AvgIpc) is 2.91. The summed E-state index contributed by atoms with van der Waals surface area (Å²) in [6.07, 6.45) is 1.24. The molecule has 1 aromatic carbocycles. The number of cyclic esters (lactones) is 1.